The lowest BCUT2D eigenvalue weighted by molar-refractivity contribution is 0.593. The number of aryl methyl sites for hydroxylation is 1. The van der Waals surface area contributed by atoms with Crippen LogP contribution >= 0.6 is 11.3 Å². The lowest BCUT2D eigenvalue weighted by Crippen LogP contribution is -2.22. The van der Waals surface area contributed by atoms with E-state index in [9.17, 15) is 8.42 Å². The zero-order valence-electron chi connectivity index (χ0n) is 7.87. The number of thiophene rings is 1. The van der Waals surface area contributed by atoms with Gasteiger partial charge >= 0.3 is 0 Å². The quantitative estimate of drug-likeness (QED) is 0.847. The number of hydrogen-bond acceptors (Lipinski definition) is 3. The van der Waals surface area contributed by atoms with Gasteiger partial charge in [0.15, 0.2) is 0 Å². The van der Waals surface area contributed by atoms with Crippen molar-refractivity contribution in [3.8, 4) is 0 Å². The molecule has 0 aliphatic carbocycles. The molecule has 5 heteroatoms. The SMILES string of the molecule is Cc1cscc1NS(=O)(=O)C(C)C. The van der Waals surface area contributed by atoms with Gasteiger partial charge in [-0.15, -0.1) is 11.3 Å². The molecule has 1 aromatic heterocycles. The molecule has 0 amide bonds. The Labute approximate surface area is 82.8 Å². The van der Waals surface area contributed by atoms with Crippen LogP contribution in [0.15, 0.2) is 10.8 Å². The smallest absolute Gasteiger partial charge is 0.235 e. The molecular formula is C8H13NO2S2. The van der Waals surface area contributed by atoms with Crippen LogP contribution in [0.3, 0.4) is 0 Å². The summed E-state index contributed by atoms with van der Waals surface area (Å²) in [5.41, 5.74) is 1.66. The standard InChI is InChI=1S/C8H13NO2S2/c1-6(2)13(10,11)9-8-5-12-4-7(8)3/h4-6,9H,1-3H3. The number of anilines is 1. The summed E-state index contributed by atoms with van der Waals surface area (Å²) in [4.78, 5) is 0. The molecule has 0 aliphatic heterocycles. The van der Waals surface area contributed by atoms with E-state index in [0.717, 1.165) is 5.56 Å². The van der Waals surface area contributed by atoms with E-state index in [0.29, 0.717) is 5.69 Å². The van der Waals surface area contributed by atoms with Gasteiger partial charge in [0.05, 0.1) is 10.9 Å². The number of sulfonamides is 1. The summed E-state index contributed by atoms with van der Waals surface area (Å²) >= 11 is 1.49. The van der Waals surface area contributed by atoms with E-state index in [2.05, 4.69) is 4.72 Å². The van der Waals surface area contributed by atoms with E-state index in [1.807, 2.05) is 12.3 Å². The van der Waals surface area contributed by atoms with Gasteiger partial charge in [-0.05, 0) is 31.7 Å². The van der Waals surface area contributed by atoms with Gasteiger partial charge in [0, 0.05) is 5.38 Å². The Bertz CT molecular complexity index is 379. The summed E-state index contributed by atoms with van der Waals surface area (Å²) in [6, 6.07) is 0. The molecule has 13 heavy (non-hydrogen) atoms. The molecule has 1 heterocycles. The summed E-state index contributed by atoms with van der Waals surface area (Å²) in [5.74, 6) is 0. The summed E-state index contributed by atoms with van der Waals surface area (Å²) in [5, 5.41) is 3.32. The minimum Gasteiger partial charge on any atom is -0.282 e. The number of hydrogen-bond donors (Lipinski definition) is 1. The van der Waals surface area contributed by atoms with Crippen molar-refractivity contribution >= 4 is 27.0 Å². The van der Waals surface area contributed by atoms with Crippen molar-refractivity contribution in [2.24, 2.45) is 0 Å². The fraction of sp³-hybridized carbons (Fsp3) is 0.500. The molecule has 1 rings (SSSR count). The Kier molecular flexibility index (Phi) is 2.98. The molecule has 0 bridgehead atoms. The minimum atomic E-state index is -3.19. The fourth-order valence-electron chi connectivity index (χ4n) is 0.736. The normalized spacial score (nSPS) is 12.0. The summed E-state index contributed by atoms with van der Waals surface area (Å²) in [6.07, 6.45) is 0. The molecule has 0 radical (unpaired) electrons. The molecule has 3 nitrogen and oxygen atoms in total. The predicted molar refractivity (Wildman–Crippen MR) is 56.7 cm³/mol. The van der Waals surface area contributed by atoms with Crippen LogP contribution in [0.2, 0.25) is 0 Å². The summed E-state index contributed by atoms with van der Waals surface area (Å²) in [6.45, 7) is 5.20. The average molecular weight is 219 g/mol. The molecule has 1 N–H and O–H groups in total. The summed E-state index contributed by atoms with van der Waals surface area (Å²) < 4.78 is 25.4. The van der Waals surface area contributed by atoms with Crippen molar-refractivity contribution < 1.29 is 8.42 Å². The first-order valence-corrected chi connectivity index (χ1v) is 6.47. The lowest BCUT2D eigenvalue weighted by Gasteiger charge is -2.09. The Morgan fingerprint density at radius 3 is 2.38 bits per heavy atom. The Balaban J connectivity index is 2.88. The van der Waals surface area contributed by atoms with Crippen molar-refractivity contribution in [1.29, 1.82) is 0 Å². The van der Waals surface area contributed by atoms with Gasteiger partial charge in [-0.1, -0.05) is 0 Å². The van der Waals surface area contributed by atoms with Crippen LogP contribution in [-0.4, -0.2) is 13.7 Å². The van der Waals surface area contributed by atoms with Crippen LogP contribution < -0.4 is 4.72 Å². The van der Waals surface area contributed by atoms with Gasteiger partial charge in [-0.2, -0.15) is 0 Å². The highest BCUT2D eigenvalue weighted by Crippen LogP contribution is 2.21. The Morgan fingerprint density at radius 2 is 2.00 bits per heavy atom. The second-order valence-corrected chi connectivity index (χ2v) is 6.14. The van der Waals surface area contributed by atoms with Gasteiger partial charge in [-0.3, -0.25) is 4.72 Å². The molecule has 0 fully saturated rings. The molecule has 0 saturated heterocycles. The highest BCUT2D eigenvalue weighted by molar-refractivity contribution is 7.93. The molecule has 0 atom stereocenters. The first kappa shape index (κ1) is 10.5. The van der Waals surface area contributed by atoms with Crippen molar-refractivity contribution in [2.45, 2.75) is 26.0 Å². The van der Waals surface area contributed by atoms with Crippen molar-refractivity contribution in [3.05, 3.63) is 16.3 Å². The van der Waals surface area contributed by atoms with Gasteiger partial charge in [0.2, 0.25) is 10.0 Å². The largest absolute Gasteiger partial charge is 0.282 e. The van der Waals surface area contributed by atoms with E-state index in [1.165, 1.54) is 11.3 Å². The monoisotopic (exact) mass is 219 g/mol. The van der Waals surface area contributed by atoms with Gasteiger partial charge in [0.25, 0.3) is 0 Å². The molecule has 0 unspecified atom stereocenters. The van der Waals surface area contributed by atoms with Crippen LogP contribution in [0.5, 0.6) is 0 Å². The van der Waals surface area contributed by atoms with Gasteiger partial charge < -0.3 is 0 Å². The third kappa shape index (κ3) is 2.45. The van der Waals surface area contributed by atoms with Gasteiger partial charge in [0.1, 0.15) is 0 Å². The molecular weight excluding hydrogens is 206 g/mol. The van der Waals surface area contributed by atoms with E-state index < -0.39 is 15.3 Å². The number of rotatable bonds is 3. The van der Waals surface area contributed by atoms with Crippen LogP contribution in [0.25, 0.3) is 0 Å². The van der Waals surface area contributed by atoms with E-state index in [1.54, 1.807) is 19.2 Å². The summed E-state index contributed by atoms with van der Waals surface area (Å²) in [7, 11) is -3.19. The van der Waals surface area contributed by atoms with E-state index in [4.69, 9.17) is 0 Å². The third-order valence-electron chi connectivity index (χ3n) is 1.73. The number of nitrogens with one attached hydrogen (secondary N) is 1. The maximum atomic E-state index is 11.4. The highest BCUT2D eigenvalue weighted by Gasteiger charge is 2.16. The molecule has 0 aliphatic rings. The van der Waals surface area contributed by atoms with Gasteiger partial charge in [-0.25, -0.2) is 8.42 Å². The Morgan fingerprint density at radius 1 is 1.38 bits per heavy atom. The van der Waals surface area contributed by atoms with Crippen LogP contribution in [0, 0.1) is 6.92 Å². The van der Waals surface area contributed by atoms with Crippen LogP contribution in [0.4, 0.5) is 5.69 Å². The van der Waals surface area contributed by atoms with Crippen LogP contribution in [-0.2, 0) is 10.0 Å². The zero-order chi connectivity index (χ0) is 10.1. The molecule has 0 saturated carbocycles. The third-order valence-corrected chi connectivity index (χ3v) is 4.34. The van der Waals surface area contributed by atoms with Crippen molar-refractivity contribution in [3.63, 3.8) is 0 Å². The first-order valence-electron chi connectivity index (χ1n) is 3.98. The molecule has 0 spiro atoms. The second kappa shape index (κ2) is 3.67. The zero-order valence-corrected chi connectivity index (χ0v) is 9.50. The second-order valence-electron chi connectivity index (χ2n) is 3.16. The lowest BCUT2D eigenvalue weighted by atomic mass is 10.3. The Hall–Kier alpha value is -0.550. The van der Waals surface area contributed by atoms with Crippen molar-refractivity contribution in [1.82, 2.24) is 0 Å². The molecule has 0 aromatic carbocycles. The maximum absolute atomic E-state index is 11.4. The van der Waals surface area contributed by atoms with E-state index in [-0.39, 0.29) is 0 Å². The first-order chi connectivity index (χ1) is 5.93. The van der Waals surface area contributed by atoms with E-state index >= 15 is 0 Å². The predicted octanol–water partition coefficient (Wildman–Crippen LogP) is 2.21. The average Bonchev–Trinajstić information content (AvgIpc) is 2.35. The maximum Gasteiger partial charge on any atom is 0.235 e. The molecule has 74 valence electrons. The highest BCUT2D eigenvalue weighted by atomic mass is 32.2. The minimum absolute atomic E-state index is 0.396. The molecule has 1 aromatic rings. The van der Waals surface area contributed by atoms with Crippen LogP contribution in [0.1, 0.15) is 19.4 Å². The van der Waals surface area contributed by atoms with Crippen molar-refractivity contribution in [2.75, 3.05) is 4.72 Å². The fourth-order valence-corrected chi connectivity index (χ4v) is 2.35. The topological polar surface area (TPSA) is 46.2 Å².